The lowest BCUT2D eigenvalue weighted by Gasteiger charge is -2.35. The molecule has 0 aromatic heterocycles. The molecule has 0 amide bonds. The van der Waals surface area contributed by atoms with E-state index in [1.807, 2.05) is 7.11 Å². The second-order valence-corrected chi connectivity index (χ2v) is 6.59. The van der Waals surface area contributed by atoms with Gasteiger partial charge in [-0.05, 0) is 58.4 Å². The van der Waals surface area contributed by atoms with Crippen LogP contribution in [-0.4, -0.2) is 25.8 Å². The Morgan fingerprint density at radius 3 is 2.28 bits per heavy atom. The van der Waals surface area contributed by atoms with Crippen molar-refractivity contribution in [1.29, 1.82) is 0 Å². The number of ether oxygens (including phenoxy) is 1. The van der Waals surface area contributed by atoms with Crippen LogP contribution < -0.4 is 5.32 Å². The Morgan fingerprint density at radius 2 is 1.83 bits per heavy atom. The van der Waals surface area contributed by atoms with Gasteiger partial charge in [-0.1, -0.05) is 26.2 Å². The van der Waals surface area contributed by atoms with Gasteiger partial charge in [0.25, 0.3) is 0 Å². The summed E-state index contributed by atoms with van der Waals surface area (Å²) in [6, 6.07) is 0.678. The highest BCUT2D eigenvalue weighted by molar-refractivity contribution is 4.83. The molecule has 1 aliphatic rings. The topological polar surface area (TPSA) is 21.3 Å². The predicted molar refractivity (Wildman–Crippen MR) is 78.9 cm³/mol. The Kier molecular flexibility index (Phi) is 6.65. The average Bonchev–Trinajstić information content (AvgIpc) is 2.40. The number of rotatable bonds is 7. The third-order valence-corrected chi connectivity index (χ3v) is 5.02. The molecule has 1 saturated carbocycles. The summed E-state index contributed by atoms with van der Waals surface area (Å²) in [6.07, 6.45) is 9.45. The lowest BCUT2D eigenvalue weighted by Crippen LogP contribution is -2.37. The van der Waals surface area contributed by atoms with E-state index in [2.05, 4.69) is 33.1 Å². The van der Waals surface area contributed by atoms with Crippen molar-refractivity contribution in [1.82, 2.24) is 5.32 Å². The van der Waals surface area contributed by atoms with E-state index in [1.54, 1.807) is 0 Å². The van der Waals surface area contributed by atoms with Gasteiger partial charge in [0, 0.05) is 13.2 Å². The van der Waals surface area contributed by atoms with Crippen LogP contribution in [-0.2, 0) is 4.74 Å². The van der Waals surface area contributed by atoms with Crippen LogP contribution in [0.3, 0.4) is 0 Å². The highest BCUT2D eigenvalue weighted by Gasteiger charge is 2.27. The summed E-state index contributed by atoms with van der Waals surface area (Å²) >= 11 is 0. The maximum atomic E-state index is 5.53. The van der Waals surface area contributed by atoms with Crippen molar-refractivity contribution in [3.63, 3.8) is 0 Å². The molecule has 0 aromatic rings. The maximum absolute atomic E-state index is 5.53. The van der Waals surface area contributed by atoms with Crippen molar-refractivity contribution in [2.45, 2.75) is 77.4 Å². The first-order valence-electron chi connectivity index (χ1n) is 7.74. The van der Waals surface area contributed by atoms with E-state index in [-0.39, 0.29) is 5.60 Å². The molecule has 0 heterocycles. The summed E-state index contributed by atoms with van der Waals surface area (Å²) in [7, 11) is 3.94. The molecule has 0 bridgehead atoms. The van der Waals surface area contributed by atoms with E-state index in [9.17, 15) is 0 Å². The molecule has 18 heavy (non-hydrogen) atoms. The molecule has 0 spiro atoms. The van der Waals surface area contributed by atoms with Crippen LogP contribution in [0.1, 0.15) is 65.7 Å². The summed E-state index contributed by atoms with van der Waals surface area (Å²) in [6.45, 7) is 6.71. The molecular formula is C16H33NO. The van der Waals surface area contributed by atoms with Gasteiger partial charge in [-0.25, -0.2) is 0 Å². The monoisotopic (exact) mass is 255 g/mol. The fraction of sp³-hybridized carbons (Fsp3) is 1.00. The highest BCUT2D eigenvalue weighted by atomic mass is 16.5. The molecule has 1 N–H and O–H groups in total. The van der Waals surface area contributed by atoms with Crippen LogP contribution in [0.4, 0.5) is 0 Å². The Hall–Kier alpha value is -0.0800. The van der Waals surface area contributed by atoms with Crippen molar-refractivity contribution in [3.8, 4) is 0 Å². The average molecular weight is 255 g/mol. The van der Waals surface area contributed by atoms with Gasteiger partial charge in [-0.2, -0.15) is 0 Å². The van der Waals surface area contributed by atoms with Crippen LogP contribution in [0.15, 0.2) is 0 Å². The third kappa shape index (κ3) is 4.89. The summed E-state index contributed by atoms with van der Waals surface area (Å²) in [5.41, 5.74) is 0.0235. The SMILES string of the molecule is CCC1CCC(C(CCC(C)(C)OC)NC)CC1. The van der Waals surface area contributed by atoms with Crippen molar-refractivity contribution in [2.75, 3.05) is 14.2 Å². The minimum Gasteiger partial charge on any atom is -0.379 e. The van der Waals surface area contributed by atoms with E-state index in [0.717, 1.165) is 18.3 Å². The number of nitrogens with one attached hydrogen (secondary N) is 1. The van der Waals surface area contributed by atoms with Gasteiger partial charge >= 0.3 is 0 Å². The zero-order valence-corrected chi connectivity index (χ0v) is 13.1. The van der Waals surface area contributed by atoms with Crippen molar-refractivity contribution < 1.29 is 4.74 Å². The van der Waals surface area contributed by atoms with E-state index in [1.165, 1.54) is 38.5 Å². The molecule has 1 atom stereocenters. The minimum atomic E-state index is 0.0235. The Labute approximate surface area is 114 Å². The van der Waals surface area contributed by atoms with E-state index in [4.69, 9.17) is 4.74 Å². The van der Waals surface area contributed by atoms with Crippen LogP contribution in [0.2, 0.25) is 0 Å². The van der Waals surface area contributed by atoms with Gasteiger partial charge in [-0.3, -0.25) is 0 Å². The Bertz CT molecular complexity index is 219. The quantitative estimate of drug-likeness (QED) is 0.742. The lowest BCUT2D eigenvalue weighted by molar-refractivity contribution is 0.00951. The second kappa shape index (κ2) is 7.49. The summed E-state index contributed by atoms with van der Waals surface area (Å²) < 4.78 is 5.53. The molecule has 108 valence electrons. The maximum Gasteiger partial charge on any atom is 0.0623 e. The zero-order valence-electron chi connectivity index (χ0n) is 13.1. The first kappa shape index (κ1) is 16.0. The fourth-order valence-corrected chi connectivity index (χ4v) is 3.22. The molecule has 0 aliphatic heterocycles. The molecule has 2 heteroatoms. The van der Waals surface area contributed by atoms with Gasteiger partial charge in [0.2, 0.25) is 0 Å². The minimum absolute atomic E-state index is 0.0235. The van der Waals surface area contributed by atoms with Crippen LogP contribution in [0.25, 0.3) is 0 Å². The number of hydrogen-bond acceptors (Lipinski definition) is 2. The Balaban J connectivity index is 2.37. The molecule has 0 aromatic carbocycles. The summed E-state index contributed by atoms with van der Waals surface area (Å²) in [5, 5.41) is 3.55. The highest BCUT2D eigenvalue weighted by Crippen LogP contribution is 2.34. The third-order valence-electron chi connectivity index (χ3n) is 5.02. The Morgan fingerprint density at radius 1 is 1.22 bits per heavy atom. The van der Waals surface area contributed by atoms with Crippen molar-refractivity contribution in [3.05, 3.63) is 0 Å². The molecule has 1 fully saturated rings. The molecule has 1 aliphatic carbocycles. The fourth-order valence-electron chi connectivity index (χ4n) is 3.22. The van der Waals surface area contributed by atoms with E-state index in [0.29, 0.717) is 6.04 Å². The van der Waals surface area contributed by atoms with Gasteiger partial charge in [0.15, 0.2) is 0 Å². The van der Waals surface area contributed by atoms with E-state index < -0.39 is 0 Å². The van der Waals surface area contributed by atoms with Crippen LogP contribution in [0, 0.1) is 11.8 Å². The number of methoxy groups -OCH3 is 1. The first-order chi connectivity index (χ1) is 8.52. The van der Waals surface area contributed by atoms with Gasteiger partial charge < -0.3 is 10.1 Å². The molecule has 2 nitrogen and oxygen atoms in total. The largest absolute Gasteiger partial charge is 0.379 e. The standard InChI is InChI=1S/C16H33NO/c1-6-13-7-9-14(10-8-13)15(17-4)11-12-16(2,3)18-5/h13-15,17H,6-12H2,1-5H3. The second-order valence-electron chi connectivity index (χ2n) is 6.59. The molecule has 1 unspecified atom stereocenters. The van der Waals surface area contributed by atoms with Gasteiger partial charge in [0.05, 0.1) is 5.60 Å². The molecule has 0 radical (unpaired) electrons. The molecule has 1 rings (SSSR count). The first-order valence-corrected chi connectivity index (χ1v) is 7.74. The van der Waals surface area contributed by atoms with Gasteiger partial charge in [0.1, 0.15) is 0 Å². The zero-order chi connectivity index (χ0) is 13.6. The molecular weight excluding hydrogens is 222 g/mol. The lowest BCUT2D eigenvalue weighted by atomic mass is 9.76. The molecule has 0 saturated heterocycles. The normalized spacial score (nSPS) is 27.2. The van der Waals surface area contributed by atoms with Crippen molar-refractivity contribution in [2.24, 2.45) is 11.8 Å². The summed E-state index contributed by atoms with van der Waals surface area (Å²) in [5.74, 6) is 1.87. The number of hydrogen-bond donors (Lipinski definition) is 1. The van der Waals surface area contributed by atoms with Crippen molar-refractivity contribution >= 4 is 0 Å². The smallest absolute Gasteiger partial charge is 0.0623 e. The van der Waals surface area contributed by atoms with E-state index >= 15 is 0 Å². The van der Waals surface area contributed by atoms with Gasteiger partial charge in [-0.15, -0.1) is 0 Å². The summed E-state index contributed by atoms with van der Waals surface area (Å²) in [4.78, 5) is 0. The predicted octanol–water partition coefficient (Wildman–Crippen LogP) is 4.00. The van der Waals surface area contributed by atoms with Crippen LogP contribution >= 0.6 is 0 Å². The van der Waals surface area contributed by atoms with Crippen LogP contribution in [0.5, 0.6) is 0 Å².